The number of nitrogens with one attached hydrogen (secondary N) is 4. The van der Waals surface area contributed by atoms with Crippen molar-refractivity contribution < 1.29 is 58.6 Å². The maximum absolute atomic E-state index is 14.4. The van der Waals surface area contributed by atoms with Crippen LogP contribution in [-0.2, 0) is 54.9 Å². The Kier molecular flexibility index (Phi) is 19.1. The Labute approximate surface area is 609 Å². The second-order valence-corrected chi connectivity index (χ2v) is 36.5. The predicted octanol–water partition coefficient (Wildman–Crippen LogP) is 10.5. The number of sulfonamides is 1. The molecule has 4 aliphatic carbocycles. The highest BCUT2D eigenvalue weighted by Crippen LogP contribution is 2.62. The van der Waals surface area contributed by atoms with Gasteiger partial charge in [-0.15, -0.1) is 0 Å². The molecule has 4 unspecified atom stereocenters. The number of likely N-dealkylation sites (N-methyl/N-ethyl adjacent to an activating group) is 1. The van der Waals surface area contributed by atoms with Gasteiger partial charge in [-0.05, 0) is 172 Å². The summed E-state index contributed by atoms with van der Waals surface area (Å²) >= 11 is 0. The molecular formula is C77H95N11O13S3. The number of methoxy groups -OCH3 is 2. The number of hydrogen-bond donors (Lipinski definition) is 4. The Balaban J connectivity index is 0.000000169. The molecule has 5 amide bonds. The minimum atomic E-state index is -4.04. The van der Waals surface area contributed by atoms with E-state index >= 15 is 0 Å². The number of fused-ring (bicyclic) bond motifs is 16. The van der Waals surface area contributed by atoms with Crippen molar-refractivity contribution in [2.24, 2.45) is 0 Å². The van der Waals surface area contributed by atoms with Gasteiger partial charge in [0.1, 0.15) is 18.1 Å². The largest absolute Gasteiger partial charge is 0.497 e. The topological polar surface area (TPSA) is 273 Å². The summed E-state index contributed by atoms with van der Waals surface area (Å²) in [7, 11) is -0.928. The molecule has 2 bridgehead atoms. The Bertz CT molecular complexity index is 4890. The first-order valence-electron chi connectivity index (χ1n) is 36.8. The molecule has 104 heavy (non-hydrogen) atoms. The number of rotatable bonds is 16. The van der Waals surface area contributed by atoms with Crippen molar-refractivity contribution in [1.29, 1.82) is 0 Å². The molecule has 7 fully saturated rings. The van der Waals surface area contributed by atoms with Gasteiger partial charge in [-0.2, -0.15) is 25.4 Å². The van der Waals surface area contributed by atoms with E-state index in [2.05, 4.69) is 63.7 Å². The van der Waals surface area contributed by atoms with E-state index in [1.165, 1.54) is 70.6 Å². The van der Waals surface area contributed by atoms with Crippen LogP contribution in [-0.4, -0.2) is 186 Å². The summed E-state index contributed by atoms with van der Waals surface area (Å²) in [5.41, 5.74) is 10.6. The smallest absolute Gasteiger partial charge is 0.410 e. The van der Waals surface area contributed by atoms with Crippen LogP contribution < -0.4 is 29.0 Å². The van der Waals surface area contributed by atoms with Gasteiger partial charge < -0.3 is 43.4 Å². The molecule has 7 heterocycles. The second kappa shape index (κ2) is 27.7. The first kappa shape index (κ1) is 71.6. The van der Waals surface area contributed by atoms with E-state index in [4.69, 9.17) is 14.2 Å². The number of carbonyl (C=O) groups is 4. The number of carbonyl (C=O) groups excluding carboxylic acids is 4. The number of amides is 5. The number of nitrogens with zero attached hydrogens (tertiary/aromatic N) is 7. The van der Waals surface area contributed by atoms with E-state index in [1.54, 1.807) is 37.3 Å². The summed E-state index contributed by atoms with van der Waals surface area (Å²) < 4.78 is 110. The van der Waals surface area contributed by atoms with Crippen LogP contribution in [0.25, 0.3) is 44.3 Å². The van der Waals surface area contributed by atoms with Crippen LogP contribution in [0.5, 0.6) is 11.5 Å². The van der Waals surface area contributed by atoms with E-state index in [0.29, 0.717) is 31.2 Å². The van der Waals surface area contributed by atoms with Gasteiger partial charge in [0.15, 0.2) is 0 Å². The summed E-state index contributed by atoms with van der Waals surface area (Å²) in [5.74, 6) is 0.664. The molecule has 4 N–H and O–H groups in total. The van der Waals surface area contributed by atoms with E-state index in [0.717, 1.165) is 141 Å². The molecule has 5 aliphatic heterocycles. The summed E-state index contributed by atoms with van der Waals surface area (Å²) in [6.07, 6.45) is 14.7. The minimum absolute atomic E-state index is 0.0175. The van der Waals surface area contributed by atoms with Gasteiger partial charge in [-0.3, -0.25) is 9.59 Å². The van der Waals surface area contributed by atoms with Crippen molar-refractivity contribution in [3.05, 3.63) is 142 Å². The summed E-state index contributed by atoms with van der Waals surface area (Å²) in [6.45, 7) is 3.34. The van der Waals surface area contributed by atoms with Crippen molar-refractivity contribution in [1.82, 2.24) is 51.9 Å². The molecule has 6 atom stereocenters. The zero-order valence-corrected chi connectivity index (χ0v) is 62.7. The van der Waals surface area contributed by atoms with Crippen molar-refractivity contribution in [2.45, 2.75) is 175 Å². The molecule has 7 aromatic rings. The van der Waals surface area contributed by atoms with Crippen molar-refractivity contribution in [3.8, 4) is 34.0 Å². The lowest BCUT2D eigenvalue weighted by atomic mass is 9.81. The first-order chi connectivity index (χ1) is 49.8. The molecule has 554 valence electrons. The third-order valence-corrected chi connectivity index (χ3v) is 28.8. The summed E-state index contributed by atoms with van der Waals surface area (Å²) in [4.78, 5) is 59.9. The molecule has 3 saturated heterocycles. The normalized spacial score (nSPS) is 24.0. The average Bonchev–Trinajstić information content (AvgIpc) is 1.53. The molecule has 9 aliphatic rings. The van der Waals surface area contributed by atoms with E-state index in [1.807, 2.05) is 66.7 Å². The highest BCUT2D eigenvalue weighted by atomic mass is 32.2. The lowest BCUT2D eigenvalue weighted by molar-refractivity contribution is 0.0895. The third-order valence-electron chi connectivity index (χ3n) is 23.9. The number of hydrogen-bond acceptors (Lipinski definition) is 14. The van der Waals surface area contributed by atoms with Crippen LogP contribution in [0.1, 0.15) is 175 Å². The van der Waals surface area contributed by atoms with Gasteiger partial charge in [0.05, 0.1) is 41.9 Å². The fraction of sp³-hybridized carbons (Fsp3) is 0.506. The van der Waals surface area contributed by atoms with E-state index in [-0.39, 0.29) is 79.5 Å². The van der Waals surface area contributed by atoms with Crippen LogP contribution in [0, 0.1) is 0 Å². The standard InChI is InChI=1S/C41H49N5O8S2.C36H46N6O5S/c1-44(2)56(51,52)42-39(47)29-14-16-33-36(22-29)46-26-41(43-55(49,50)31-18-20-45(21-19-31)40(48)54-25-27-10-6-4-7-11-27)24-35(41)34-23-30(53-3)15-17-32(34)38(46)37(33)28-12-8-5-9-13-28;1-39(2)48(45,46)38-34(43)23-10-14-28-31(16-23)41-21-36(37-35(44)42-24-11-12-25(42)20-40(3)19-24)18-30(36)29-17-26(47-4)13-15-27(29)33(41)32(28)22-8-6-5-7-9-22/h4,6-7,10-11,14-17,22-23,28,31,35,43H,5,8-9,12-13,18-21,24-26H2,1-3H3,(H,42,47);10,13-17,22,24-25,30H,5-9,11-12,18-21H2,1-4H3,(H,37,44)(H,38,43)/t;24?,25?,30-,36-/m.0/s1. The molecule has 4 saturated carbocycles. The molecule has 16 rings (SSSR count). The van der Waals surface area contributed by atoms with Gasteiger partial charge >= 0.3 is 32.5 Å². The van der Waals surface area contributed by atoms with Gasteiger partial charge in [-0.1, -0.05) is 81.0 Å². The van der Waals surface area contributed by atoms with Gasteiger partial charge in [0.25, 0.3) is 11.8 Å². The predicted molar refractivity (Wildman–Crippen MR) is 398 cm³/mol. The average molecular weight is 1480 g/mol. The number of benzene rings is 5. The zero-order valence-electron chi connectivity index (χ0n) is 60.3. The lowest BCUT2D eigenvalue weighted by Gasteiger charge is -2.40. The lowest BCUT2D eigenvalue weighted by Crippen LogP contribution is -2.59. The Hall–Kier alpha value is -8.05. The maximum Gasteiger partial charge on any atom is 0.410 e. The molecule has 27 heteroatoms. The molecule has 0 radical (unpaired) electrons. The van der Waals surface area contributed by atoms with Crippen molar-refractivity contribution >= 4 is 76.2 Å². The van der Waals surface area contributed by atoms with Crippen LogP contribution in [0.2, 0.25) is 0 Å². The van der Waals surface area contributed by atoms with Crippen LogP contribution >= 0.6 is 0 Å². The summed E-state index contributed by atoms with van der Waals surface area (Å²) in [5, 5.41) is 4.96. The van der Waals surface area contributed by atoms with Crippen molar-refractivity contribution in [2.75, 3.05) is 75.6 Å². The molecule has 2 aromatic heterocycles. The third kappa shape index (κ3) is 13.3. The highest BCUT2D eigenvalue weighted by Gasteiger charge is 2.62. The summed E-state index contributed by atoms with van der Waals surface area (Å²) in [6, 6.07) is 33.2. The van der Waals surface area contributed by atoms with Crippen molar-refractivity contribution in [3.63, 3.8) is 0 Å². The molecular weight excluding hydrogens is 1380 g/mol. The fourth-order valence-electron chi connectivity index (χ4n) is 18.3. The zero-order chi connectivity index (χ0) is 72.9. The minimum Gasteiger partial charge on any atom is -0.497 e. The van der Waals surface area contributed by atoms with Crippen LogP contribution in [0.15, 0.2) is 103 Å². The van der Waals surface area contributed by atoms with Gasteiger partial charge in [-0.25, -0.2) is 32.2 Å². The van der Waals surface area contributed by atoms with Crippen LogP contribution in [0.4, 0.5) is 9.59 Å². The Morgan fingerprint density at radius 1 is 0.558 bits per heavy atom. The first-order valence-corrected chi connectivity index (χ1v) is 41.2. The quantitative estimate of drug-likeness (QED) is 0.0701. The molecule has 5 aromatic carbocycles. The Morgan fingerprint density at radius 2 is 1.03 bits per heavy atom. The number of urea groups is 1. The van der Waals surface area contributed by atoms with Crippen LogP contribution in [0.3, 0.4) is 0 Å². The van der Waals surface area contributed by atoms with E-state index in [9.17, 15) is 44.4 Å². The van der Waals surface area contributed by atoms with Gasteiger partial charge in [0, 0.05) is 135 Å². The SMILES string of the molecule is COc1ccc2c(c1)C1CC1(NS(=O)(=O)C1CCN(C(=O)OCc3ccccc3)CC1)Cn1c-2c(C2CCCCC2)c2ccc(C(=O)NS(=O)(=O)N(C)C)cc21.COc1ccc2c(c1)[C@@H]1C[C@]1(NC(=O)N1C3CCC1CN(C)C3)Cn1c-2c(C2CCCCC2)c2ccc(C(=O)NS(=O)(=O)N(C)C)cc21. The number of piperidine rings is 1. The molecule has 0 spiro atoms. The molecule has 24 nitrogen and oxygen atoms in total. The van der Waals surface area contributed by atoms with Gasteiger partial charge in [0.2, 0.25) is 10.0 Å². The highest BCUT2D eigenvalue weighted by molar-refractivity contribution is 7.90. The number of likely N-dealkylation sites (tertiary alicyclic amines) is 2. The maximum atomic E-state index is 14.4. The number of aromatic nitrogens is 2. The second-order valence-electron chi connectivity index (χ2n) is 30.8. The number of ether oxygens (including phenoxy) is 3. The monoisotopic (exact) mass is 1480 g/mol. The fourth-order valence-corrected chi connectivity index (χ4v) is 21.3. The Morgan fingerprint density at radius 3 is 1.51 bits per heavy atom. The van der Waals surface area contributed by atoms with E-state index < -0.39 is 64.7 Å². The number of piperazine rings is 1.